The molecular weight excluding hydrogens is 376 g/mol. The van der Waals surface area contributed by atoms with Gasteiger partial charge in [-0.15, -0.1) is 11.3 Å². The van der Waals surface area contributed by atoms with E-state index in [9.17, 15) is 9.59 Å². The zero-order valence-corrected chi connectivity index (χ0v) is 17.4. The topological polar surface area (TPSA) is 74.8 Å². The lowest BCUT2D eigenvalue weighted by Gasteiger charge is -2.38. The van der Waals surface area contributed by atoms with Gasteiger partial charge in [0.05, 0.1) is 11.1 Å². The van der Waals surface area contributed by atoms with Crippen LogP contribution in [-0.2, 0) is 9.53 Å². The Balaban J connectivity index is 1.21. The molecule has 2 aliphatic heterocycles. The summed E-state index contributed by atoms with van der Waals surface area (Å²) in [5, 5.41) is 5.52. The van der Waals surface area contributed by atoms with E-state index in [1.165, 1.54) is 43.6 Å². The predicted octanol–water partition coefficient (Wildman–Crippen LogP) is 1.53. The molecule has 1 aromatic rings. The maximum atomic E-state index is 12.3. The molecule has 8 heteroatoms. The van der Waals surface area contributed by atoms with Gasteiger partial charge in [-0.25, -0.2) is 4.98 Å². The summed E-state index contributed by atoms with van der Waals surface area (Å²) >= 11 is 1.46. The minimum Gasteiger partial charge on any atom is -0.365 e. The highest BCUT2D eigenvalue weighted by Crippen LogP contribution is 2.31. The van der Waals surface area contributed by atoms with E-state index < -0.39 is 0 Å². The first-order valence-corrected chi connectivity index (χ1v) is 11.3. The fourth-order valence-corrected chi connectivity index (χ4v) is 4.67. The monoisotopic (exact) mass is 406 g/mol. The first-order valence-electron chi connectivity index (χ1n) is 10.4. The summed E-state index contributed by atoms with van der Waals surface area (Å²) in [6.07, 6.45) is 4.99. The number of aryl methyl sites for hydroxylation is 1. The second-order valence-electron chi connectivity index (χ2n) is 8.38. The molecule has 0 radical (unpaired) electrons. The highest BCUT2D eigenvalue weighted by molar-refractivity contribution is 7.09. The first kappa shape index (κ1) is 19.8. The van der Waals surface area contributed by atoms with Crippen LogP contribution in [0.4, 0.5) is 0 Å². The van der Waals surface area contributed by atoms with Crippen LogP contribution in [0, 0.1) is 18.8 Å². The third-order valence-electron chi connectivity index (χ3n) is 5.96. The smallest absolute Gasteiger partial charge is 0.270 e. The van der Waals surface area contributed by atoms with Crippen LogP contribution in [0.5, 0.6) is 0 Å². The van der Waals surface area contributed by atoms with E-state index in [0.717, 1.165) is 30.6 Å². The van der Waals surface area contributed by atoms with Gasteiger partial charge in [0.1, 0.15) is 12.3 Å². The summed E-state index contributed by atoms with van der Waals surface area (Å²) in [6, 6.07) is 0. The highest BCUT2D eigenvalue weighted by Gasteiger charge is 2.31. The molecule has 0 aromatic carbocycles. The van der Waals surface area contributed by atoms with Gasteiger partial charge < -0.3 is 19.9 Å². The number of hydrogen-bond acceptors (Lipinski definition) is 6. The van der Waals surface area contributed by atoms with Crippen molar-refractivity contribution in [3.8, 4) is 0 Å². The number of carbonyl (C=O) groups excluding carboxylic acids is 2. The van der Waals surface area contributed by atoms with E-state index in [1.807, 2.05) is 11.8 Å². The van der Waals surface area contributed by atoms with Crippen molar-refractivity contribution in [3.63, 3.8) is 0 Å². The summed E-state index contributed by atoms with van der Waals surface area (Å²) in [6.45, 7) is 7.34. The molecule has 1 unspecified atom stereocenters. The standard InChI is InChI=1S/C20H30N4O3S/c1-14-22-18(13-28-14)20(26)21-8-17-11-24(19(25)12-27-17)10-16-4-6-23(7-5-16)9-15-2-3-15/h13,15-17H,2-12H2,1H3,(H,21,26). The number of nitrogens with one attached hydrogen (secondary N) is 1. The minimum atomic E-state index is -0.181. The number of piperidine rings is 1. The Morgan fingerprint density at radius 3 is 2.68 bits per heavy atom. The Labute approximate surface area is 170 Å². The van der Waals surface area contributed by atoms with Crippen LogP contribution in [0.25, 0.3) is 0 Å². The molecule has 1 aromatic heterocycles. The van der Waals surface area contributed by atoms with Crippen molar-refractivity contribution in [1.82, 2.24) is 20.1 Å². The van der Waals surface area contributed by atoms with E-state index in [-0.39, 0.29) is 24.5 Å². The fraction of sp³-hybridized carbons (Fsp3) is 0.750. The fourth-order valence-electron chi connectivity index (χ4n) is 4.07. The van der Waals surface area contributed by atoms with Crippen molar-refractivity contribution in [3.05, 3.63) is 16.1 Å². The lowest BCUT2D eigenvalue weighted by Crippen LogP contribution is -2.52. The molecule has 0 bridgehead atoms. The number of amides is 2. The van der Waals surface area contributed by atoms with E-state index >= 15 is 0 Å². The van der Waals surface area contributed by atoms with Crippen molar-refractivity contribution >= 4 is 23.2 Å². The molecule has 28 heavy (non-hydrogen) atoms. The van der Waals surface area contributed by atoms with Gasteiger partial charge in [0.2, 0.25) is 5.91 Å². The van der Waals surface area contributed by atoms with Crippen LogP contribution in [-0.4, -0.2) is 78.6 Å². The number of nitrogens with zero attached hydrogens (tertiary/aromatic N) is 3. The van der Waals surface area contributed by atoms with E-state index in [2.05, 4.69) is 15.2 Å². The van der Waals surface area contributed by atoms with Crippen LogP contribution in [0.15, 0.2) is 5.38 Å². The average molecular weight is 407 g/mol. The van der Waals surface area contributed by atoms with Crippen LogP contribution in [0.2, 0.25) is 0 Å². The Hall–Kier alpha value is -1.51. The third-order valence-corrected chi connectivity index (χ3v) is 6.73. The molecule has 3 fully saturated rings. The third kappa shape index (κ3) is 5.30. The van der Waals surface area contributed by atoms with Crippen molar-refractivity contribution in [2.24, 2.45) is 11.8 Å². The van der Waals surface area contributed by atoms with Gasteiger partial charge in [0.15, 0.2) is 0 Å². The zero-order valence-electron chi connectivity index (χ0n) is 16.6. The summed E-state index contributed by atoms with van der Waals surface area (Å²) in [5.41, 5.74) is 0.448. The average Bonchev–Trinajstić information content (AvgIpc) is 3.40. The van der Waals surface area contributed by atoms with Gasteiger partial charge in [-0.1, -0.05) is 0 Å². The molecule has 1 aliphatic carbocycles. The molecule has 4 rings (SSSR count). The van der Waals surface area contributed by atoms with Crippen molar-refractivity contribution in [2.75, 3.05) is 45.9 Å². The number of ether oxygens (including phenoxy) is 1. The Morgan fingerprint density at radius 2 is 2.00 bits per heavy atom. The van der Waals surface area contributed by atoms with Gasteiger partial charge in [-0.3, -0.25) is 9.59 Å². The molecule has 0 spiro atoms. The van der Waals surface area contributed by atoms with Crippen LogP contribution in [0.1, 0.15) is 41.2 Å². The molecule has 3 aliphatic rings. The maximum Gasteiger partial charge on any atom is 0.270 e. The second kappa shape index (κ2) is 8.88. The second-order valence-corrected chi connectivity index (χ2v) is 9.44. The molecule has 1 N–H and O–H groups in total. The lowest BCUT2D eigenvalue weighted by molar-refractivity contribution is -0.149. The lowest BCUT2D eigenvalue weighted by atomic mass is 9.95. The minimum absolute atomic E-state index is 0.0677. The van der Waals surface area contributed by atoms with Gasteiger partial charge in [0.25, 0.3) is 5.91 Å². The van der Waals surface area contributed by atoms with Crippen LogP contribution < -0.4 is 5.32 Å². The van der Waals surface area contributed by atoms with Gasteiger partial charge in [-0.2, -0.15) is 0 Å². The predicted molar refractivity (Wildman–Crippen MR) is 107 cm³/mol. The van der Waals surface area contributed by atoms with Crippen molar-refractivity contribution in [1.29, 1.82) is 0 Å². The van der Waals surface area contributed by atoms with Gasteiger partial charge in [-0.05, 0) is 57.5 Å². The molecule has 2 amide bonds. The molecule has 1 saturated carbocycles. The largest absolute Gasteiger partial charge is 0.365 e. The van der Waals surface area contributed by atoms with E-state index in [1.54, 1.807) is 5.38 Å². The number of rotatable bonds is 7. The molecule has 154 valence electrons. The maximum absolute atomic E-state index is 12.3. The Kier molecular flexibility index (Phi) is 6.28. The Morgan fingerprint density at radius 1 is 1.25 bits per heavy atom. The number of likely N-dealkylation sites (tertiary alicyclic amines) is 1. The molecule has 7 nitrogen and oxygen atoms in total. The van der Waals surface area contributed by atoms with Crippen LogP contribution in [0.3, 0.4) is 0 Å². The quantitative estimate of drug-likeness (QED) is 0.743. The number of thiazole rings is 1. The summed E-state index contributed by atoms with van der Waals surface area (Å²) in [7, 11) is 0. The number of morpholine rings is 1. The summed E-state index contributed by atoms with van der Waals surface area (Å²) in [4.78, 5) is 33.2. The number of hydrogen-bond donors (Lipinski definition) is 1. The molecule has 2 saturated heterocycles. The van der Waals surface area contributed by atoms with Crippen molar-refractivity contribution < 1.29 is 14.3 Å². The first-order chi connectivity index (χ1) is 13.6. The van der Waals surface area contributed by atoms with E-state index in [4.69, 9.17) is 4.74 Å². The van der Waals surface area contributed by atoms with E-state index in [0.29, 0.717) is 24.7 Å². The van der Waals surface area contributed by atoms with Gasteiger partial charge >= 0.3 is 0 Å². The van der Waals surface area contributed by atoms with Crippen molar-refractivity contribution in [2.45, 2.75) is 38.7 Å². The summed E-state index contributed by atoms with van der Waals surface area (Å²) in [5.74, 6) is 1.41. The number of carbonyl (C=O) groups is 2. The van der Waals surface area contributed by atoms with Crippen LogP contribution >= 0.6 is 11.3 Å². The van der Waals surface area contributed by atoms with Gasteiger partial charge in [0, 0.05) is 31.6 Å². The summed E-state index contributed by atoms with van der Waals surface area (Å²) < 4.78 is 5.64. The number of aromatic nitrogens is 1. The SMILES string of the molecule is Cc1nc(C(=O)NCC2CN(CC3CCN(CC4CC4)CC3)C(=O)CO2)cs1. The molecular formula is C20H30N4O3S. The Bertz CT molecular complexity index is 697. The molecule has 3 heterocycles. The molecule has 1 atom stereocenters. The zero-order chi connectivity index (χ0) is 19.5. The normalized spacial score (nSPS) is 24.5. The highest BCUT2D eigenvalue weighted by atomic mass is 32.1.